The third-order valence-electron chi connectivity index (χ3n) is 2.18. The molecule has 1 aromatic rings. The van der Waals surface area contributed by atoms with Crippen molar-refractivity contribution < 1.29 is 19.8 Å². The summed E-state index contributed by atoms with van der Waals surface area (Å²) in [6.45, 7) is 1.86. The van der Waals surface area contributed by atoms with E-state index in [9.17, 15) is 9.59 Å². The van der Waals surface area contributed by atoms with Crippen LogP contribution in [0.4, 0.5) is 0 Å². The van der Waals surface area contributed by atoms with Crippen LogP contribution in [0.5, 0.6) is 0 Å². The number of carboxylic acid groups (broad SMARTS) is 2. The van der Waals surface area contributed by atoms with Crippen molar-refractivity contribution in [3.05, 3.63) is 21.9 Å². The van der Waals surface area contributed by atoms with Crippen LogP contribution in [0, 0.1) is 6.92 Å². The molecular formula is C10H12O4S. The highest BCUT2D eigenvalue weighted by Gasteiger charge is 2.20. The average molecular weight is 228 g/mol. The molecule has 0 amide bonds. The topological polar surface area (TPSA) is 74.6 Å². The molecule has 0 unspecified atom stereocenters. The lowest BCUT2D eigenvalue weighted by molar-refractivity contribution is -0.139. The van der Waals surface area contributed by atoms with Crippen LogP contribution < -0.4 is 0 Å². The third-order valence-corrected chi connectivity index (χ3v) is 3.06. The second kappa shape index (κ2) is 4.93. The number of aryl methyl sites for hydroxylation is 1. The summed E-state index contributed by atoms with van der Waals surface area (Å²) in [5.41, 5.74) is 1.80. The van der Waals surface area contributed by atoms with Gasteiger partial charge in [-0.15, -0.1) is 0 Å². The fraction of sp³-hybridized carbons (Fsp3) is 0.400. The maximum absolute atomic E-state index is 10.6. The van der Waals surface area contributed by atoms with E-state index in [1.807, 2.05) is 17.7 Å². The molecule has 15 heavy (non-hydrogen) atoms. The van der Waals surface area contributed by atoms with Crippen LogP contribution in [-0.2, 0) is 9.59 Å². The van der Waals surface area contributed by atoms with E-state index in [1.54, 1.807) is 0 Å². The Labute approximate surface area is 91.2 Å². The monoisotopic (exact) mass is 228 g/mol. The highest BCUT2D eigenvalue weighted by Crippen LogP contribution is 2.29. The number of hydrogen-bond donors (Lipinski definition) is 2. The van der Waals surface area contributed by atoms with Crippen LogP contribution in [0.1, 0.15) is 29.9 Å². The number of carboxylic acids is 2. The zero-order valence-electron chi connectivity index (χ0n) is 8.27. The molecule has 1 heterocycles. The van der Waals surface area contributed by atoms with Crippen molar-refractivity contribution in [1.82, 2.24) is 0 Å². The summed E-state index contributed by atoms with van der Waals surface area (Å²) in [5, 5.41) is 21.1. The van der Waals surface area contributed by atoms with E-state index in [1.165, 1.54) is 11.3 Å². The van der Waals surface area contributed by atoms with Gasteiger partial charge in [-0.1, -0.05) is 0 Å². The van der Waals surface area contributed by atoms with Crippen molar-refractivity contribution in [3.8, 4) is 0 Å². The van der Waals surface area contributed by atoms with Crippen LogP contribution in [0.3, 0.4) is 0 Å². The summed E-state index contributed by atoms with van der Waals surface area (Å²) in [7, 11) is 0. The lowest BCUT2D eigenvalue weighted by atomic mass is 9.92. The van der Waals surface area contributed by atoms with Crippen LogP contribution in [-0.4, -0.2) is 22.2 Å². The predicted octanol–water partition coefficient (Wildman–Crippen LogP) is 2.09. The van der Waals surface area contributed by atoms with E-state index >= 15 is 0 Å². The Morgan fingerprint density at radius 2 is 1.80 bits per heavy atom. The third kappa shape index (κ3) is 3.36. The first-order chi connectivity index (χ1) is 7.00. The molecule has 0 aliphatic rings. The quantitative estimate of drug-likeness (QED) is 0.809. The Hall–Kier alpha value is -1.36. The molecule has 4 nitrogen and oxygen atoms in total. The van der Waals surface area contributed by atoms with Crippen molar-refractivity contribution in [3.63, 3.8) is 0 Å². The molecular weight excluding hydrogens is 216 g/mol. The fourth-order valence-corrected chi connectivity index (χ4v) is 2.44. The molecule has 0 spiro atoms. The van der Waals surface area contributed by atoms with Gasteiger partial charge >= 0.3 is 11.9 Å². The normalized spacial score (nSPS) is 10.5. The van der Waals surface area contributed by atoms with Gasteiger partial charge in [0, 0.05) is 5.92 Å². The SMILES string of the molecule is Cc1cscc1C(CC(=O)O)CC(=O)O. The maximum atomic E-state index is 10.6. The smallest absolute Gasteiger partial charge is 0.303 e. The second-order valence-corrected chi connectivity index (χ2v) is 4.15. The Morgan fingerprint density at radius 3 is 2.13 bits per heavy atom. The number of rotatable bonds is 5. The lowest BCUT2D eigenvalue weighted by Gasteiger charge is -2.12. The van der Waals surface area contributed by atoms with Gasteiger partial charge in [0.25, 0.3) is 0 Å². The Morgan fingerprint density at radius 1 is 1.27 bits per heavy atom. The van der Waals surface area contributed by atoms with E-state index in [0.717, 1.165) is 11.1 Å². The minimum absolute atomic E-state index is 0.135. The van der Waals surface area contributed by atoms with Crippen LogP contribution in [0.25, 0.3) is 0 Å². The second-order valence-electron chi connectivity index (χ2n) is 3.40. The molecule has 0 aromatic carbocycles. The minimum atomic E-state index is -0.966. The first-order valence-electron chi connectivity index (χ1n) is 4.47. The van der Waals surface area contributed by atoms with Crippen molar-refractivity contribution >= 4 is 23.3 Å². The highest BCUT2D eigenvalue weighted by atomic mass is 32.1. The van der Waals surface area contributed by atoms with E-state index in [0.29, 0.717) is 0 Å². The van der Waals surface area contributed by atoms with Crippen LogP contribution in [0.2, 0.25) is 0 Å². The van der Waals surface area contributed by atoms with Crippen molar-refractivity contribution in [2.45, 2.75) is 25.7 Å². The maximum Gasteiger partial charge on any atom is 0.303 e. The molecule has 0 fully saturated rings. The summed E-state index contributed by atoms with van der Waals surface area (Å²) < 4.78 is 0. The Bertz CT molecular complexity index is 353. The predicted molar refractivity (Wildman–Crippen MR) is 56.3 cm³/mol. The van der Waals surface area contributed by atoms with Gasteiger partial charge in [0.1, 0.15) is 0 Å². The molecule has 1 aromatic heterocycles. The van der Waals surface area contributed by atoms with Gasteiger partial charge < -0.3 is 10.2 Å². The standard InChI is InChI=1S/C10H12O4S/c1-6-4-15-5-8(6)7(2-9(11)12)3-10(13)14/h4-5,7H,2-3H2,1H3,(H,11,12)(H,13,14). The first kappa shape index (κ1) is 11.7. The van der Waals surface area contributed by atoms with Gasteiger partial charge in [-0.2, -0.15) is 11.3 Å². The van der Waals surface area contributed by atoms with Gasteiger partial charge in [-0.3, -0.25) is 9.59 Å². The van der Waals surface area contributed by atoms with E-state index in [2.05, 4.69) is 0 Å². The van der Waals surface area contributed by atoms with Gasteiger partial charge in [-0.25, -0.2) is 0 Å². The van der Waals surface area contributed by atoms with E-state index < -0.39 is 17.9 Å². The van der Waals surface area contributed by atoms with Crippen LogP contribution >= 0.6 is 11.3 Å². The van der Waals surface area contributed by atoms with Gasteiger partial charge in [0.05, 0.1) is 12.8 Å². The molecule has 1 rings (SSSR count). The van der Waals surface area contributed by atoms with Crippen molar-refractivity contribution in [2.24, 2.45) is 0 Å². The summed E-state index contributed by atoms with van der Waals surface area (Å²) in [4.78, 5) is 21.2. The van der Waals surface area contributed by atoms with Gasteiger partial charge in [-0.05, 0) is 28.8 Å². The van der Waals surface area contributed by atoms with Crippen molar-refractivity contribution in [2.75, 3.05) is 0 Å². The number of aliphatic carboxylic acids is 2. The molecule has 82 valence electrons. The fourth-order valence-electron chi connectivity index (χ4n) is 1.50. The van der Waals surface area contributed by atoms with Crippen LogP contribution in [0.15, 0.2) is 10.8 Å². The van der Waals surface area contributed by atoms with Gasteiger partial charge in [0.15, 0.2) is 0 Å². The largest absolute Gasteiger partial charge is 0.481 e. The van der Waals surface area contributed by atoms with E-state index in [4.69, 9.17) is 10.2 Å². The molecule has 0 aliphatic carbocycles. The molecule has 0 bridgehead atoms. The van der Waals surface area contributed by atoms with Gasteiger partial charge in [0.2, 0.25) is 0 Å². The molecule has 0 saturated carbocycles. The number of carbonyl (C=O) groups is 2. The summed E-state index contributed by atoms with van der Waals surface area (Å²) in [6.07, 6.45) is -0.270. The zero-order valence-corrected chi connectivity index (χ0v) is 9.08. The average Bonchev–Trinajstić information content (AvgIpc) is 2.48. The summed E-state index contributed by atoms with van der Waals surface area (Å²) in [6, 6.07) is 0. The lowest BCUT2D eigenvalue weighted by Crippen LogP contribution is -2.11. The highest BCUT2D eigenvalue weighted by molar-refractivity contribution is 7.08. The molecule has 0 atom stereocenters. The Balaban J connectivity index is 2.85. The number of hydrogen-bond acceptors (Lipinski definition) is 3. The molecule has 0 saturated heterocycles. The summed E-state index contributed by atoms with van der Waals surface area (Å²) in [5.74, 6) is -2.36. The van der Waals surface area contributed by atoms with E-state index in [-0.39, 0.29) is 12.8 Å². The molecule has 5 heteroatoms. The van der Waals surface area contributed by atoms with Crippen molar-refractivity contribution in [1.29, 1.82) is 0 Å². The number of thiophene rings is 1. The zero-order chi connectivity index (χ0) is 11.4. The molecule has 2 N–H and O–H groups in total. The first-order valence-corrected chi connectivity index (χ1v) is 5.41. The molecule has 0 aliphatic heterocycles. The minimum Gasteiger partial charge on any atom is -0.481 e. The Kier molecular flexibility index (Phi) is 3.85. The molecule has 0 radical (unpaired) electrons. The summed E-state index contributed by atoms with van der Waals surface area (Å²) >= 11 is 1.46.